The molecule has 160 valence electrons. The molecule has 0 aliphatic heterocycles. The zero-order valence-electron chi connectivity index (χ0n) is 16.5. The molecule has 0 radical (unpaired) electrons. The minimum atomic E-state index is -4.73. The Labute approximate surface area is 170 Å². The highest BCUT2D eigenvalue weighted by Crippen LogP contribution is 2.31. The van der Waals surface area contributed by atoms with Crippen LogP contribution in [0.1, 0.15) is 27.3 Å². The van der Waals surface area contributed by atoms with Gasteiger partial charge in [0.2, 0.25) is 0 Å². The number of amides is 1. The van der Waals surface area contributed by atoms with E-state index in [1.54, 1.807) is 26.4 Å². The van der Waals surface area contributed by atoms with Crippen LogP contribution in [0.15, 0.2) is 30.5 Å². The number of aromatic nitrogens is 4. The average Bonchev–Trinajstić information content (AvgIpc) is 3.32. The van der Waals surface area contributed by atoms with Gasteiger partial charge in [-0.25, -0.2) is 0 Å². The molecule has 30 heavy (non-hydrogen) atoms. The molecule has 3 rings (SSSR count). The molecule has 2 N–H and O–H groups in total. The average molecular weight is 423 g/mol. The number of carbonyl (C=O) groups excluding carboxylic acids is 1. The van der Waals surface area contributed by atoms with Crippen molar-refractivity contribution in [1.29, 1.82) is 0 Å². The lowest BCUT2D eigenvalue weighted by molar-refractivity contribution is -0.141. The summed E-state index contributed by atoms with van der Waals surface area (Å²) in [5, 5.41) is 12.4. The van der Waals surface area contributed by atoms with Crippen molar-refractivity contribution in [2.75, 3.05) is 19.5 Å². The van der Waals surface area contributed by atoms with Gasteiger partial charge in [-0.3, -0.25) is 14.6 Å². The van der Waals surface area contributed by atoms with Gasteiger partial charge in [0.25, 0.3) is 5.91 Å². The van der Waals surface area contributed by atoms with E-state index in [0.717, 1.165) is 16.4 Å². The first-order valence-corrected chi connectivity index (χ1v) is 8.88. The second-order valence-electron chi connectivity index (χ2n) is 6.52. The Balaban J connectivity index is 1.67. The van der Waals surface area contributed by atoms with E-state index < -0.39 is 23.3 Å². The van der Waals surface area contributed by atoms with Crippen LogP contribution in [0.2, 0.25) is 0 Å². The van der Waals surface area contributed by atoms with E-state index in [-0.39, 0.29) is 5.82 Å². The number of anilines is 1. The van der Waals surface area contributed by atoms with Gasteiger partial charge in [-0.05, 0) is 30.5 Å². The van der Waals surface area contributed by atoms with E-state index in [1.165, 1.54) is 7.05 Å². The summed E-state index contributed by atoms with van der Waals surface area (Å²) in [7, 11) is 4.44. The summed E-state index contributed by atoms with van der Waals surface area (Å²) in [6.07, 6.45) is -2.53. The Morgan fingerprint density at radius 2 is 1.80 bits per heavy atom. The number of methoxy groups -OCH3 is 2. The minimum absolute atomic E-state index is 0.121. The zero-order valence-corrected chi connectivity index (χ0v) is 16.5. The van der Waals surface area contributed by atoms with Gasteiger partial charge in [0, 0.05) is 31.1 Å². The smallest absolute Gasteiger partial charge is 0.435 e. The lowest BCUT2D eigenvalue weighted by atomic mass is 10.1. The fourth-order valence-corrected chi connectivity index (χ4v) is 2.89. The SMILES string of the molecule is COc1cc(CCc2cc(NC(=O)c3cn(C)nc3C(F)(F)F)n[nH]2)cc(OC)c1. The number of benzene rings is 1. The number of nitrogens with one attached hydrogen (secondary N) is 2. The van der Waals surface area contributed by atoms with E-state index in [1.807, 2.05) is 12.1 Å². The standard InChI is InChI=1S/C19H20F3N5O3/c1-27-10-15(17(26-27)19(20,21)22)18(28)23-16-8-12(24-25-16)5-4-11-6-13(29-2)9-14(7-11)30-3/h6-10H,4-5H2,1-3H3,(H2,23,24,25,28). The van der Waals surface area contributed by atoms with Gasteiger partial charge in [-0.15, -0.1) is 0 Å². The molecule has 0 aliphatic carbocycles. The summed E-state index contributed by atoms with van der Waals surface area (Å²) in [6.45, 7) is 0. The van der Waals surface area contributed by atoms with Crippen molar-refractivity contribution in [2.24, 2.45) is 7.05 Å². The maximum Gasteiger partial charge on any atom is 0.435 e. The third kappa shape index (κ3) is 4.91. The van der Waals surface area contributed by atoms with Crippen molar-refractivity contribution >= 4 is 11.7 Å². The largest absolute Gasteiger partial charge is 0.497 e. The van der Waals surface area contributed by atoms with Gasteiger partial charge in [-0.2, -0.15) is 23.4 Å². The monoisotopic (exact) mass is 423 g/mol. The molecule has 0 saturated heterocycles. The molecule has 2 heterocycles. The number of hydrogen-bond acceptors (Lipinski definition) is 5. The third-order valence-corrected chi connectivity index (χ3v) is 4.31. The lowest BCUT2D eigenvalue weighted by Crippen LogP contribution is -2.18. The molecule has 0 bridgehead atoms. The van der Waals surface area contributed by atoms with Gasteiger partial charge in [0.15, 0.2) is 11.5 Å². The topological polar surface area (TPSA) is 94.1 Å². The highest BCUT2D eigenvalue weighted by molar-refractivity contribution is 6.04. The molecule has 0 aliphatic rings. The van der Waals surface area contributed by atoms with Crippen molar-refractivity contribution in [3.05, 3.63) is 53.0 Å². The number of carbonyl (C=O) groups is 1. The van der Waals surface area contributed by atoms with Crippen LogP contribution in [0, 0.1) is 0 Å². The van der Waals surface area contributed by atoms with Crippen LogP contribution in [-0.4, -0.2) is 40.1 Å². The highest BCUT2D eigenvalue weighted by Gasteiger charge is 2.39. The van der Waals surface area contributed by atoms with Gasteiger partial charge in [0.1, 0.15) is 11.5 Å². The number of rotatable bonds is 7. The number of ether oxygens (including phenoxy) is 2. The summed E-state index contributed by atoms with van der Waals surface area (Å²) in [4.78, 5) is 12.3. The third-order valence-electron chi connectivity index (χ3n) is 4.31. The molecule has 0 spiro atoms. The Morgan fingerprint density at radius 3 is 2.40 bits per heavy atom. The Hall–Kier alpha value is -3.50. The van der Waals surface area contributed by atoms with Gasteiger partial charge >= 0.3 is 6.18 Å². The Morgan fingerprint density at radius 1 is 1.13 bits per heavy atom. The molecule has 0 fully saturated rings. The quantitative estimate of drug-likeness (QED) is 0.609. The van der Waals surface area contributed by atoms with E-state index in [9.17, 15) is 18.0 Å². The summed E-state index contributed by atoms with van der Waals surface area (Å²) in [5.41, 5.74) is -0.144. The van der Waals surface area contributed by atoms with E-state index in [2.05, 4.69) is 20.6 Å². The second kappa shape index (κ2) is 8.47. The lowest BCUT2D eigenvalue weighted by Gasteiger charge is -2.08. The number of H-pyrrole nitrogens is 1. The predicted octanol–water partition coefficient (Wildman–Crippen LogP) is 3.22. The molecule has 0 atom stereocenters. The van der Waals surface area contributed by atoms with Crippen LogP contribution in [0.4, 0.5) is 19.0 Å². The van der Waals surface area contributed by atoms with Crippen LogP contribution in [-0.2, 0) is 26.1 Å². The summed E-state index contributed by atoms with van der Waals surface area (Å²) in [6, 6.07) is 7.09. The van der Waals surface area contributed by atoms with Crippen molar-refractivity contribution in [2.45, 2.75) is 19.0 Å². The summed E-state index contributed by atoms with van der Waals surface area (Å²) in [5.74, 6) is 0.513. The highest BCUT2D eigenvalue weighted by atomic mass is 19.4. The molecule has 8 nitrogen and oxygen atoms in total. The fraction of sp³-hybridized carbons (Fsp3) is 0.316. The summed E-state index contributed by atoms with van der Waals surface area (Å²) >= 11 is 0. The van der Waals surface area contributed by atoms with Gasteiger partial charge < -0.3 is 14.8 Å². The van der Waals surface area contributed by atoms with Crippen molar-refractivity contribution in [1.82, 2.24) is 20.0 Å². The number of halogens is 3. The molecule has 1 amide bonds. The van der Waals surface area contributed by atoms with Crippen molar-refractivity contribution in [3.63, 3.8) is 0 Å². The number of hydrogen-bond donors (Lipinski definition) is 2. The van der Waals surface area contributed by atoms with Crippen LogP contribution in [0.3, 0.4) is 0 Å². The molecule has 1 aromatic carbocycles. The molecule has 2 aromatic heterocycles. The normalized spacial score (nSPS) is 11.4. The predicted molar refractivity (Wildman–Crippen MR) is 102 cm³/mol. The van der Waals surface area contributed by atoms with Gasteiger partial charge in [0.05, 0.1) is 19.8 Å². The number of alkyl halides is 3. The van der Waals surface area contributed by atoms with Gasteiger partial charge in [-0.1, -0.05) is 0 Å². The molecule has 0 unspecified atom stereocenters. The molecule has 3 aromatic rings. The Kier molecular flexibility index (Phi) is 5.99. The number of nitrogens with zero attached hydrogens (tertiary/aromatic N) is 3. The first-order valence-electron chi connectivity index (χ1n) is 8.88. The zero-order chi connectivity index (χ0) is 21.9. The molecular formula is C19H20F3N5O3. The van der Waals surface area contributed by atoms with Crippen molar-refractivity contribution in [3.8, 4) is 11.5 Å². The fourth-order valence-electron chi connectivity index (χ4n) is 2.89. The maximum atomic E-state index is 13.0. The van der Waals surface area contributed by atoms with Crippen LogP contribution in [0.25, 0.3) is 0 Å². The second-order valence-corrected chi connectivity index (χ2v) is 6.52. The molecule has 11 heteroatoms. The first kappa shape index (κ1) is 21.2. The molecule has 0 saturated carbocycles. The van der Waals surface area contributed by atoms with E-state index in [0.29, 0.717) is 30.0 Å². The van der Waals surface area contributed by atoms with E-state index >= 15 is 0 Å². The summed E-state index contributed by atoms with van der Waals surface area (Å²) < 4.78 is 50.5. The maximum absolute atomic E-state index is 13.0. The number of aromatic amines is 1. The Bertz CT molecular complexity index is 1020. The van der Waals surface area contributed by atoms with Crippen LogP contribution in [0.5, 0.6) is 11.5 Å². The number of aryl methyl sites for hydroxylation is 3. The molecular weight excluding hydrogens is 403 g/mol. The van der Waals surface area contributed by atoms with Crippen molar-refractivity contribution < 1.29 is 27.4 Å². The van der Waals surface area contributed by atoms with Crippen LogP contribution >= 0.6 is 0 Å². The van der Waals surface area contributed by atoms with Crippen LogP contribution < -0.4 is 14.8 Å². The van der Waals surface area contributed by atoms with E-state index in [4.69, 9.17) is 9.47 Å². The minimum Gasteiger partial charge on any atom is -0.497 e. The first-order chi connectivity index (χ1) is 14.2.